The van der Waals surface area contributed by atoms with Gasteiger partial charge in [0.25, 0.3) is 0 Å². The molecule has 0 heterocycles. The Kier molecular flexibility index (Phi) is 58.4. The largest absolute Gasteiger partial charge is 0.462 e. The molecular formula is C69H112O6. The van der Waals surface area contributed by atoms with Gasteiger partial charge in [0.1, 0.15) is 13.2 Å². The fourth-order valence-corrected chi connectivity index (χ4v) is 8.02. The number of hydrogen-bond donors (Lipinski definition) is 0. The monoisotopic (exact) mass is 1040 g/mol. The predicted octanol–water partition coefficient (Wildman–Crippen LogP) is 21.0. The van der Waals surface area contributed by atoms with Crippen LogP contribution in [-0.2, 0) is 28.6 Å². The summed E-state index contributed by atoms with van der Waals surface area (Å²) in [6.07, 6.45) is 87.3. The summed E-state index contributed by atoms with van der Waals surface area (Å²) in [7, 11) is 0. The fourth-order valence-electron chi connectivity index (χ4n) is 8.02. The van der Waals surface area contributed by atoms with Crippen molar-refractivity contribution in [1.29, 1.82) is 0 Å². The molecule has 0 aliphatic carbocycles. The summed E-state index contributed by atoms with van der Waals surface area (Å²) in [5.74, 6) is -0.993. The van der Waals surface area contributed by atoms with Crippen LogP contribution in [0.2, 0.25) is 0 Å². The van der Waals surface area contributed by atoms with E-state index in [1.807, 2.05) is 0 Å². The lowest BCUT2D eigenvalue weighted by Crippen LogP contribution is -2.30. The number of esters is 3. The summed E-state index contributed by atoms with van der Waals surface area (Å²) >= 11 is 0. The highest BCUT2D eigenvalue weighted by Gasteiger charge is 2.19. The van der Waals surface area contributed by atoms with Gasteiger partial charge >= 0.3 is 17.9 Å². The molecule has 0 fully saturated rings. The molecule has 1 atom stereocenters. The van der Waals surface area contributed by atoms with Gasteiger partial charge in [-0.2, -0.15) is 0 Å². The van der Waals surface area contributed by atoms with E-state index < -0.39 is 6.10 Å². The second-order valence-corrected chi connectivity index (χ2v) is 19.9. The molecule has 424 valence electrons. The van der Waals surface area contributed by atoms with Crippen molar-refractivity contribution in [2.45, 2.75) is 271 Å². The number of allylic oxidation sites excluding steroid dienone is 22. The van der Waals surface area contributed by atoms with Crippen LogP contribution in [0.15, 0.2) is 134 Å². The third kappa shape index (κ3) is 60.3. The minimum Gasteiger partial charge on any atom is -0.462 e. The van der Waals surface area contributed by atoms with Crippen molar-refractivity contribution in [1.82, 2.24) is 0 Å². The summed E-state index contributed by atoms with van der Waals surface area (Å²) in [5.41, 5.74) is 0. The molecule has 1 unspecified atom stereocenters. The van der Waals surface area contributed by atoms with Crippen LogP contribution in [0.4, 0.5) is 0 Å². The van der Waals surface area contributed by atoms with E-state index in [-0.39, 0.29) is 37.5 Å². The van der Waals surface area contributed by atoms with Gasteiger partial charge in [0.2, 0.25) is 0 Å². The molecule has 0 aromatic rings. The Hall–Kier alpha value is -4.45. The Morgan fingerprint density at radius 1 is 0.280 bits per heavy atom. The lowest BCUT2D eigenvalue weighted by Gasteiger charge is -2.18. The van der Waals surface area contributed by atoms with Crippen LogP contribution in [0.3, 0.4) is 0 Å². The number of carbonyl (C=O) groups excluding carboxylic acids is 3. The first kappa shape index (κ1) is 70.5. The third-order valence-electron chi connectivity index (χ3n) is 12.6. The van der Waals surface area contributed by atoms with Crippen LogP contribution >= 0.6 is 0 Å². The summed E-state index contributed by atoms with van der Waals surface area (Å²) in [6, 6.07) is 0. The van der Waals surface area contributed by atoms with Crippen molar-refractivity contribution >= 4 is 17.9 Å². The van der Waals surface area contributed by atoms with Crippen LogP contribution in [0, 0.1) is 0 Å². The molecule has 0 aromatic heterocycles. The van der Waals surface area contributed by atoms with Crippen molar-refractivity contribution in [3.8, 4) is 0 Å². The van der Waals surface area contributed by atoms with Gasteiger partial charge in [-0.1, -0.05) is 244 Å². The molecule has 0 spiro atoms. The standard InChI is InChI=1S/C69H112O6/c1-4-7-10-13-16-19-22-25-28-30-32-33-34-35-37-38-41-44-47-50-53-56-59-62-68(71)74-65-66(64-73-67(70)61-58-55-52-49-46-43-40-27-24-21-18-15-12-9-6-3)75-69(72)63-60-57-54-51-48-45-42-39-36-31-29-26-23-20-17-14-11-8-5-2/h7,10,16-17,19-20,25-29,32-33,35-37,39-41,44,50,53,66H,4-6,8-9,11-15,18,21-24,30-31,34,38,42-43,45-49,51-52,54-65H2,1-3H3/b10-7-,19-16-,20-17-,28-25-,29-26-,33-32-,37-35-,39-36-,40-27-,44-41-,53-50-. The average molecular weight is 1040 g/mol. The highest BCUT2D eigenvalue weighted by molar-refractivity contribution is 5.71. The van der Waals surface area contributed by atoms with Crippen LogP contribution in [0.5, 0.6) is 0 Å². The normalized spacial score (nSPS) is 13.1. The van der Waals surface area contributed by atoms with E-state index in [0.29, 0.717) is 19.3 Å². The summed E-state index contributed by atoms with van der Waals surface area (Å²) in [5, 5.41) is 0. The summed E-state index contributed by atoms with van der Waals surface area (Å²) < 4.78 is 16.8. The zero-order valence-electron chi connectivity index (χ0n) is 48.5. The molecule has 0 amide bonds. The van der Waals surface area contributed by atoms with Crippen molar-refractivity contribution in [2.24, 2.45) is 0 Å². The van der Waals surface area contributed by atoms with Gasteiger partial charge in [-0.25, -0.2) is 0 Å². The molecule has 6 nitrogen and oxygen atoms in total. The van der Waals surface area contributed by atoms with Crippen LogP contribution < -0.4 is 0 Å². The molecule has 0 aromatic carbocycles. The lowest BCUT2D eigenvalue weighted by molar-refractivity contribution is -0.167. The highest BCUT2D eigenvalue weighted by Crippen LogP contribution is 2.14. The molecule has 0 aliphatic heterocycles. The first-order valence-corrected chi connectivity index (χ1v) is 30.7. The smallest absolute Gasteiger partial charge is 0.306 e. The summed E-state index contributed by atoms with van der Waals surface area (Å²) in [6.45, 7) is 6.43. The van der Waals surface area contributed by atoms with Crippen molar-refractivity contribution in [2.75, 3.05) is 13.2 Å². The van der Waals surface area contributed by atoms with E-state index >= 15 is 0 Å². The maximum atomic E-state index is 12.9. The van der Waals surface area contributed by atoms with Crippen molar-refractivity contribution in [3.05, 3.63) is 134 Å². The van der Waals surface area contributed by atoms with Gasteiger partial charge in [0, 0.05) is 19.3 Å². The van der Waals surface area contributed by atoms with Crippen molar-refractivity contribution in [3.63, 3.8) is 0 Å². The van der Waals surface area contributed by atoms with Crippen LogP contribution in [0.25, 0.3) is 0 Å². The minimum absolute atomic E-state index is 0.110. The zero-order chi connectivity index (χ0) is 54.3. The Morgan fingerprint density at radius 3 is 0.907 bits per heavy atom. The lowest BCUT2D eigenvalue weighted by atomic mass is 10.1. The fraction of sp³-hybridized carbons (Fsp3) is 0.638. The van der Waals surface area contributed by atoms with Gasteiger partial charge in [0.15, 0.2) is 6.10 Å². The topological polar surface area (TPSA) is 78.9 Å². The van der Waals surface area contributed by atoms with E-state index in [1.165, 1.54) is 89.9 Å². The van der Waals surface area contributed by atoms with Gasteiger partial charge in [-0.05, 0) is 135 Å². The predicted molar refractivity (Wildman–Crippen MR) is 325 cm³/mol. The average Bonchev–Trinajstić information content (AvgIpc) is 3.41. The molecule has 0 saturated carbocycles. The summed E-state index contributed by atoms with van der Waals surface area (Å²) in [4.78, 5) is 38.3. The maximum Gasteiger partial charge on any atom is 0.306 e. The highest BCUT2D eigenvalue weighted by atomic mass is 16.6. The zero-order valence-corrected chi connectivity index (χ0v) is 48.5. The van der Waals surface area contributed by atoms with Crippen LogP contribution in [-0.4, -0.2) is 37.2 Å². The quantitative estimate of drug-likeness (QED) is 0.0261. The number of hydrogen-bond acceptors (Lipinski definition) is 6. The van der Waals surface area contributed by atoms with Crippen LogP contribution in [0.1, 0.15) is 265 Å². The minimum atomic E-state index is -0.818. The Labute approximate surface area is 462 Å². The number of rotatable bonds is 54. The number of carbonyl (C=O) groups is 3. The molecule has 75 heavy (non-hydrogen) atoms. The first-order chi connectivity index (χ1) is 37.0. The first-order valence-electron chi connectivity index (χ1n) is 30.7. The van der Waals surface area contributed by atoms with Gasteiger partial charge in [-0.3, -0.25) is 14.4 Å². The molecular weight excluding hydrogens is 925 g/mol. The van der Waals surface area contributed by atoms with E-state index in [9.17, 15) is 14.4 Å². The molecule has 0 rings (SSSR count). The second kappa shape index (κ2) is 62.1. The van der Waals surface area contributed by atoms with Gasteiger partial charge in [-0.15, -0.1) is 0 Å². The Bertz CT molecular complexity index is 1620. The molecule has 0 bridgehead atoms. The Balaban J connectivity index is 4.53. The molecule has 0 aliphatic rings. The van der Waals surface area contributed by atoms with E-state index in [2.05, 4.69) is 154 Å². The van der Waals surface area contributed by atoms with E-state index in [0.717, 1.165) is 128 Å². The number of unbranched alkanes of at least 4 members (excludes halogenated alkanes) is 21. The third-order valence-corrected chi connectivity index (χ3v) is 12.6. The van der Waals surface area contributed by atoms with Gasteiger partial charge < -0.3 is 14.2 Å². The molecule has 0 radical (unpaired) electrons. The van der Waals surface area contributed by atoms with E-state index in [1.54, 1.807) is 0 Å². The maximum absolute atomic E-state index is 12.9. The molecule has 0 saturated heterocycles. The van der Waals surface area contributed by atoms with Crippen molar-refractivity contribution < 1.29 is 28.6 Å². The van der Waals surface area contributed by atoms with Gasteiger partial charge in [0.05, 0.1) is 0 Å². The van der Waals surface area contributed by atoms with E-state index in [4.69, 9.17) is 14.2 Å². The second-order valence-electron chi connectivity index (χ2n) is 19.9. The Morgan fingerprint density at radius 2 is 0.533 bits per heavy atom. The SMILES string of the molecule is CC/C=C\C/C=C\C/C=C\C/C=C\C/C=C\C/C=C\C/C=C\CCCC(=O)OCC(COC(=O)CCCCCCC/C=C\CCCCCCCC)OC(=O)CCCCCCCC/C=C\C/C=C\C/C=C\CCCCC. The molecule has 0 N–H and O–H groups in total. The number of ether oxygens (including phenoxy) is 3. The molecule has 6 heteroatoms.